The van der Waals surface area contributed by atoms with Crippen LogP contribution in [0.1, 0.15) is 25.7 Å². The lowest BCUT2D eigenvalue weighted by atomic mass is 9.98. The summed E-state index contributed by atoms with van der Waals surface area (Å²) in [5, 5.41) is 17.6. The van der Waals surface area contributed by atoms with Gasteiger partial charge in [-0.3, -0.25) is 0 Å². The zero-order chi connectivity index (χ0) is 11.9. The van der Waals surface area contributed by atoms with Gasteiger partial charge in [-0.2, -0.15) is 0 Å². The summed E-state index contributed by atoms with van der Waals surface area (Å²) in [4.78, 5) is 11.6. The third-order valence-electron chi connectivity index (χ3n) is 3.59. The molecule has 0 atom stereocenters. The first-order chi connectivity index (χ1) is 8.24. The number of hydrogen-bond acceptors (Lipinski definition) is 3. The van der Waals surface area contributed by atoms with Crippen molar-refractivity contribution in [2.45, 2.75) is 31.2 Å². The quantitative estimate of drug-likeness (QED) is 0.855. The van der Waals surface area contributed by atoms with Gasteiger partial charge in [0.1, 0.15) is 5.52 Å². The molecule has 1 aromatic carbocycles. The topological polar surface area (TPSA) is 68.0 Å². The van der Waals surface area contributed by atoms with E-state index in [-0.39, 0.29) is 0 Å². The van der Waals surface area contributed by atoms with E-state index in [2.05, 4.69) is 10.3 Å². The predicted octanol–water partition coefficient (Wildman–Crippen LogP) is 1.79. The summed E-state index contributed by atoms with van der Waals surface area (Å²) in [6.07, 6.45) is 3.13. The third-order valence-corrected chi connectivity index (χ3v) is 3.59. The number of rotatable bonds is 2. The minimum atomic E-state index is -0.893. The Hall–Kier alpha value is -1.91. The molecular formula is C12H13N3O2. The van der Waals surface area contributed by atoms with Gasteiger partial charge in [0.05, 0.1) is 5.52 Å². The van der Waals surface area contributed by atoms with Gasteiger partial charge in [0.25, 0.3) is 0 Å². The molecule has 1 aliphatic carbocycles. The summed E-state index contributed by atoms with van der Waals surface area (Å²) < 4.78 is 1.59. The van der Waals surface area contributed by atoms with Crippen molar-refractivity contribution in [3.8, 4) is 0 Å². The molecule has 5 nitrogen and oxygen atoms in total. The van der Waals surface area contributed by atoms with Gasteiger partial charge in [-0.15, -0.1) is 5.10 Å². The molecule has 1 saturated carbocycles. The molecule has 0 unspecified atom stereocenters. The average molecular weight is 231 g/mol. The molecule has 1 aromatic heterocycles. The highest BCUT2D eigenvalue weighted by molar-refractivity contribution is 5.81. The van der Waals surface area contributed by atoms with E-state index in [4.69, 9.17) is 0 Å². The fourth-order valence-corrected chi connectivity index (χ4v) is 2.66. The van der Waals surface area contributed by atoms with E-state index in [0.717, 1.165) is 23.9 Å². The first kappa shape index (κ1) is 10.3. The number of para-hydroxylation sites is 1. The molecule has 3 rings (SSSR count). The molecule has 17 heavy (non-hydrogen) atoms. The Kier molecular flexibility index (Phi) is 2.14. The van der Waals surface area contributed by atoms with Gasteiger partial charge in [-0.05, 0) is 25.0 Å². The smallest absolute Gasteiger partial charge is 0.331 e. The number of hydrogen-bond donors (Lipinski definition) is 1. The zero-order valence-electron chi connectivity index (χ0n) is 9.33. The Morgan fingerprint density at radius 3 is 2.71 bits per heavy atom. The van der Waals surface area contributed by atoms with Crippen molar-refractivity contribution in [3.63, 3.8) is 0 Å². The average Bonchev–Trinajstić information content (AvgIpc) is 2.95. The summed E-state index contributed by atoms with van der Waals surface area (Å²) in [5.74, 6) is -0.800. The molecule has 0 radical (unpaired) electrons. The van der Waals surface area contributed by atoms with Gasteiger partial charge in [0.15, 0.2) is 5.54 Å². The van der Waals surface area contributed by atoms with Crippen LogP contribution in [0.3, 0.4) is 0 Å². The fraction of sp³-hybridized carbons (Fsp3) is 0.417. The highest BCUT2D eigenvalue weighted by Gasteiger charge is 2.45. The van der Waals surface area contributed by atoms with Crippen LogP contribution in [0.2, 0.25) is 0 Å². The Balaban J connectivity index is 2.22. The Labute approximate surface area is 98.0 Å². The van der Waals surface area contributed by atoms with Gasteiger partial charge in [-0.1, -0.05) is 30.2 Å². The number of aliphatic carboxylic acids is 1. The molecule has 0 saturated heterocycles. The molecule has 1 heterocycles. The summed E-state index contributed by atoms with van der Waals surface area (Å²) in [5.41, 5.74) is 0.660. The molecule has 0 amide bonds. The summed E-state index contributed by atoms with van der Waals surface area (Å²) >= 11 is 0. The number of nitrogens with zero attached hydrogens (tertiary/aromatic N) is 3. The summed E-state index contributed by atoms with van der Waals surface area (Å²) in [7, 11) is 0. The molecule has 1 fully saturated rings. The maximum absolute atomic E-state index is 11.6. The van der Waals surface area contributed by atoms with Crippen molar-refractivity contribution < 1.29 is 9.90 Å². The van der Waals surface area contributed by atoms with Crippen molar-refractivity contribution >= 4 is 17.0 Å². The predicted molar refractivity (Wildman–Crippen MR) is 61.6 cm³/mol. The van der Waals surface area contributed by atoms with Gasteiger partial charge in [0.2, 0.25) is 0 Å². The van der Waals surface area contributed by atoms with Gasteiger partial charge in [-0.25, -0.2) is 9.48 Å². The molecule has 1 aliphatic rings. The van der Waals surface area contributed by atoms with Crippen LogP contribution in [-0.2, 0) is 10.3 Å². The van der Waals surface area contributed by atoms with Crippen LogP contribution in [0.5, 0.6) is 0 Å². The summed E-state index contributed by atoms with van der Waals surface area (Å²) in [6, 6.07) is 7.48. The molecule has 1 N–H and O–H groups in total. The lowest BCUT2D eigenvalue weighted by Crippen LogP contribution is -2.40. The first-order valence-corrected chi connectivity index (χ1v) is 5.78. The van der Waals surface area contributed by atoms with Crippen molar-refractivity contribution in [2.75, 3.05) is 0 Å². The Morgan fingerprint density at radius 1 is 1.29 bits per heavy atom. The van der Waals surface area contributed by atoms with Crippen molar-refractivity contribution in [2.24, 2.45) is 0 Å². The van der Waals surface area contributed by atoms with Gasteiger partial charge < -0.3 is 5.11 Å². The number of carboxylic acid groups (broad SMARTS) is 1. The fourth-order valence-electron chi connectivity index (χ4n) is 2.66. The lowest BCUT2D eigenvalue weighted by molar-refractivity contribution is -0.147. The molecular weight excluding hydrogens is 218 g/mol. The molecule has 2 aromatic rings. The minimum absolute atomic E-state index is 0.635. The molecule has 0 spiro atoms. The van der Waals surface area contributed by atoms with E-state index in [1.807, 2.05) is 24.3 Å². The van der Waals surface area contributed by atoms with E-state index < -0.39 is 11.5 Å². The third kappa shape index (κ3) is 1.35. The van der Waals surface area contributed by atoms with Crippen LogP contribution >= 0.6 is 0 Å². The van der Waals surface area contributed by atoms with Crippen LogP contribution in [0.15, 0.2) is 24.3 Å². The van der Waals surface area contributed by atoms with E-state index in [1.165, 1.54) is 0 Å². The summed E-state index contributed by atoms with van der Waals surface area (Å²) in [6.45, 7) is 0. The van der Waals surface area contributed by atoms with E-state index in [1.54, 1.807) is 4.68 Å². The van der Waals surface area contributed by atoms with E-state index in [0.29, 0.717) is 12.8 Å². The number of carboxylic acids is 1. The van der Waals surface area contributed by atoms with Crippen LogP contribution in [-0.4, -0.2) is 26.1 Å². The minimum Gasteiger partial charge on any atom is -0.479 e. The molecule has 0 bridgehead atoms. The standard InChI is InChI=1S/C12H13N3O2/c16-11(17)12(7-3-4-8-12)15-10-6-2-1-5-9(10)13-14-15/h1-2,5-6H,3-4,7-8H2,(H,16,17). The highest BCUT2D eigenvalue weighted by atomic mass is 16.4. The van der Waals surface area contributed by atoms with Crippen molar-refractivity contribution in [1.82, 2.24) is 15.0 Å². The van der Waals surface area contributed by atoms with E-state index in [9.17, 15) is 9.90 Å². The van der Waals surface area contributed by atoms with E-state index >= 15 is 0 Å². The molecule has 0 aliphatic heterocycles. The second-order valence-corrected chi connectivity index (χ2v) is 4.53. The van der Waals surface area contributed by atoms with Gasteiger partial charge in [0, 0.05) is 0 Å². The second kappa shape index (κ2) is 3.55. The number of carbonyl (C=O) groups is 1. The largest absolute Gasteiger partial charge is 0.479 e. The SMILES string of the molecule is O=C(O)C1(n2nnc3ccccc32)CCCC1. The number of benzene rings is 1. The van der Waals surface area contributed by atoms with Gasteiger partial charge >= 0.3 is 5.97 Å². The normalized spacial score (nSPS) is 18.6. The van der Waals surface area contributed by atoms with Crippen LogP contribution < -0.4 is 0 Å². The Bertz CT molecular complexity index is 570. The maximum Gasteiger partial charge on any atom is 0.331 e. The number of fused-ring (bicyclic) bond motifs is 1. The first-order valence-electron chi connectivity index (χ1n) is 5.78. The highest BCUT2D eigenvalue weighted by Crippen LogP contribution is 2.37. The maximum atomic E-state index is 11.6. The van der Waals surface area contributed by atoms with Crippen LogP contribution in [0.25, 0.3) is 11.0 Å². The monoisotopic (exact) mass is 231 g/mol. The molecule has 5 heteroatoms. The zero-order valence-corrected chi connectivity index (χ0v) is 9.33. The Morgan fingerprint density at radius 2 is 2.00 bits per heavy atom. The van der Waals surface area contributed by atoms with Crippen molar-refractivity contribution in [3.05, 3.63) is 24.3 Å². The van der Waals surface area contributed by atoms with Crippen LogP contribution in [0.4, 0.5) is 0 Å². The lowest BCUT2D eigenvalue weighted by Gasteiger charge is -2.24. The van der Waals surface area contributed by atoms with Crippen molar-refractivity contribution in [1.29, 1.82) is 0 Å². The molecule has 88 valence electrons. The van der Waals surface area contributed by atoms with Crippen LogP contribution in [0, 0.1) is 0 Å². The second-order valence-electron chi connectivity index (χ2n) is 4.53. The number of aromatic nitrogens is 3.